The maximum absolute atomic E-state index is 12.8. The first-order valence-electron chi connectivity index (χ1n) is 7.58. The molecule has 7 heteroatoms. The van der Waals surface area contributed by atoms with Crippen LogP contribution in [0.2, 0.25) is 5.02 Å². The van der Waals surface area contributed by atoms with Gasteiger partial charge in [0.15, 0.2) is 0 Å². The zero-order valence-electron chi connectivity index (χ0n) is 13.7. The summed E-state index contributed by atoms with van der Waals surface area (Å²) < 4.78 is 44.1. The molecule has 3 nitrogen and oxygen atoms in total. The molecule has 0 saturated heterocycles. The summed E-state index contributed by atoms with van der Waals surface area (Å²) in [6.07, 6.45) is -4.53. The van der Waals surface area contributed by atoms with Crippen LogP contribution in [0.3, 0.4) is 0 Å². The number of carbonyl (C=O) groups excluding carboxylic acids is 1. The van der Waals surface area contributed by atoms with Crippen molar-refractivity contribution >= 4 is 23.2 Å². The molecule has 2 rings (SSSR count). The van der Waals surface area contributed by atoms with Gasteiger partial charge in [0, 0.05) is 0 Å². The minimum absolute atomic E-state index is 0.0157. The van der Waals surface area contributed by atoms with E-state index < -0.39 is 17.6 Å². The van der Waals surface area contributed by atoms with Crippen LogP contribution in [0.25, 0.3) is 0 Å². The molecule has 134 valence electrons. The van der Waals surface area contributed by atoms with Crippen molar-refractivity contribution in [1.82, 2.24) is 0 Å². The summed E-state index contributed by atoms with van der Waals surface area (Å²) in [7, 11) is 0. The Morgan fingerprint density at radius 2 is 1.88 bits per heavy atom. The minimum atomic E-state index is -4.53. The van der Waals surface area contributed by atoms with Crippen molar-refractivity contribution in [3.05, 3.63) is 58.6 Å². The van der Waals surface area contributed by atoms with Gasteiger partial charge in [-0.2, -0.15) is 13.2 Å². The lowest BCUT2D eigenvalue weighted by atomic mass is 10.1. The van der Waals surface area contributed by atoms with Crippen LogP contribution in [0.1, 0.15) is 29.8 Å². The normalized spacial score (nSPS) is 11.5. The molecule has 0 heterocycles. The molecule has 0 bridgehead atoms. The van der Waals surface area contributed by atoms with Crippen LogP contribution in [0.15, 0.2) is 42.5 Å². The highest BCUT2D eigenvalue weighted by Crippen LogP contribution is 2.34. The number of benzene rings is 2. The molecular weight excluding hydrogens is 355 g/mol. The van der Waals surface area contributed by atoms with Gasteiger partial charge in [-0.3, -0.25) is 4.79 Å². The Labute approximate surface area is 148 Å². The van der Waals surface area contributed by atoms with Gasteiger partial charge in [-0.1, -0.05) is 37.6 Å². The van der Waals surface area contributed by atoms with E-state index in [0.29, 0.717) is 12.4 Å². The number of alkyl halides is 3. The summed E-state index contributed by atoms with van der Waals surface area (Å²) in [6, 6.07) is 9.28. The average Bonchev–Trinajstić information content (AvgIpc) is 2.54. The number of hydrogen-bond acceptors (Lipinski definition) is 2. The molecule has 0 atom stereocenters. The van der Waals surface area contributed by atoms with Gasteiger partial charge in [-0.15, -0.1) is 0 Å². The van der Waals surface area contributed by atoms with Crippen LogP contribution >= 0.6 is 11.6 Å². The van der Waals surface area contributed by atoms with Crippen molar-refractivity contribution in [2.45, 2.75) is 20.0 Å². The first kappa shape index (κ1) is 19.1. The molecule has 25 heavy (non-hydrogen) atoms. The van der Waals surface area contributed by atoms with Gasteiger partial charge in [-0.05, 0) is 36.2 Å². The molecule has 2 aromatic carbocycles. The fourth-order valence-corrected chi connectivity index (χ4v) is 2.19. The Morgan fingerprint density at radius 1 is 1.20 bits per heavy atom. The largest absolute Gasteiger partial charge is 0.492 e. The number of para-hydroxylation sites is 1. The van der Waals surface area contributed by atoms with Crippen molar-refractivity contribution in [2.75, 3.05) is 11.9 Å². The van der Waals surface area contributed by atoms with E-state index in [1.165, 1.54) is 6.07 Å². The van der Waals surface area contributed by atoms with E-state index >= 15 is 0 Å². The minimum Gasteiger partial charge on any atom is -0.492 e. The highest BCUT2D eigenvalue weighted by molar-refractivity contribution is 6.34. The first-order valence-corrected chi connectivity index (χ1v) is 7.96. The van der Waals surface area contributed by atoms with E-state index in [1.807, 2.05) is 13.8 Å². The third-order valence-electron chi connectivity index (χ3n) is 3.25. The van der Waals surface area contributed by atoms with Gasteiger partial charge < -0.3 is 10.1 Å². The van der Waals surface area contributed by atoms with Crippen LogP contribution in [0, 0.1) is 5.92 Å². The third kappa shape index (κ3) is 5.13. The number of hydrogen-bond donors (Lipinski definition) is 1. The van der Waals surface area contributed by atoms with Crippen molar-refractivity contribution in [1.29, 1.82) is 0 Å². The molecule has 0 fully saturated rings. The van der Waals surface area contributed by atoms with Gasteiger partial charge in [0.05, 0.1) is 28.4 Å². The molecule has 0 unspecified atom stereocenters. The Balaban J connectivity index is 2.26. The van der Waals surface area contributed by atoms with E-state index in [4.69, 9.17) is 16.3 Å². The van der Waals surface area contributed by atoms with Crippen molar-refractivity contribution in [3.8, 4) is 5.75 Å². The number of carbonyl (C=O) groups is 1. The molecule has 0 aliphatic heterocycles. The summed E-state index contributed by atoms with van der Waals surface area (Å²) in [6.45, 7) is 4.34. The second-order valence-corrected chi connectivity index (χ2v) is 6.25. The van der Waals surface area contributed by atoms with Gasteiger partial charge in [0.1, 0.15) is 5.75 Å². The van der Waals surface area contributed by atoms with Crippen LogP contribution in [0.4, 0.5) is 18.9 Å². The Kier molecular flexibility index (Phi) is 5.95. The first-order chi connectivity index (χ1) is 11.7. The van der Waals surface area contributed by atoms with Crippen molar-refractivity contribution < 1.29 is 22.7 Å². The lowest BCUT2D eigenvalue weighted by molar-refractivity contribution is -0.137. The fraction of sp³-hybridized carbons (Fsp3) is 0.278. The number of amides is 1. The fourth-order valence-electron chi connectivity index (χ4n) is 2.02. The molecule has 1 N–H and O–H groups in total. The Morgan fingerprint density at radius 3 is 2.52 bits per heavy atom. The summed E-state index contributed by atoms with van der Waals surface area (Å²) in [5.74, 6) is 0.0198. The monoisotopic (exact) mass is 371 g/mol. The number of rotatable bonds is 5. The molecule has 0 saturated carbocycles. The summed E-state index contributed by atoms with van der Waals surface area (Å²) in [5, 5.41) is 2.43. The second-order valence-electron chi connectivity index (χ2n) is 5.85. The van der Waals surface area contributed by atoms with Crippen molar-refractivity contribution in [2.24, 2.45) is 5.92 Å². The maximum Gasteiger partial charge on any atom is 0.416 e. The van der Waals surface area contributed by atoms with Crippen LogP contribution in [-0.2, 0) is 6.18 Å². The SMILES string of the molecule is CC(C)COc1ccccc1C(=O)Nc1cc(C(F)(F)F)ccc1Cl. The number of halogens is 4. The molecule has 0 spiro atoms. The number of ether oxygens (including phenoxy) is 1. The lowest BCUT2D eigenvalue weighted by Crippen LogP contribution is -2.16. The van der Waals surface area contributed by atoms with Gasteiger partial charge in [-0.25, -0.2) is 0 Å². The van der Waals surface area contributed by atoms with Crippen LogP contribution in [0.5, 0.6) is 5.75 Å². The molecule has 1 amide bonds. The highest BCUT2D eigenvalue weighted by atomic mass is 35.5. The second kappa shape index (κ2) is 7.78. The van der Waals surface area contributed by atoms with E-state index in [-0.39, 0.29) is 22.2 Å². The predicted molar refractivity (Wildman–Crippen MR) is 91.2 cm³/mol. The van der Waals surface area contributed by atoms with E-state index in [0.717, 1.165) is 18.2 Å². The lowest BCUT2D eigenvalue weighted by Gasteiger charge is -2.14. The van der Waals surface area contributed by atoms with Gasteiger partial charge in [0.25, 0.3) is 5.91 Å². The zero-order valence-corrected chi connectivity index (χ0v) is 14.4. The quantitative estimate of drug-likeness (QED) is 0.738. The van der Waals surface area contributed by atoms with Gasteiger partial charge >= 0.3 is 6.18 Å². The van der Waals surface area contributed by atoms with E-state index in [2.05, 4.69) is 5.32 Å². The maximum atomic E-state index is 12.8. The van der Waals surface area contributed by atoms with Crippen LogP contribution in [-0.4, -0.2) is 12.5 Å². The van der Waals surface area contributed by atoms with E-state index in [1.54, 1.807) is 18.2 Å². The van der Waals surface area contributed by atoms with E-state index in [9.17, 15) is 18.0 Å². The summed E-state index contributed by atoms with van der Waals surface area (Å²) in [4.78, 5) is 12.5. The molecule has 0 aliphatic rings. The molecule has 0 radical (unpaired) electrons. The van der Waals surface area contributed by atoms with Gasteiger partial charge in [0.2, 0.25) is 0 Å². The Hall–Kier alpha value is -2.21. The third-order valence-corrected chi connectivity index (χ3v) is 3.58. The molecular formula is C18H17ClF3NO2. The smallest absolute Gasteiger partial charge is 0.416 e. The molecule has 0 aromatic heterocycles. The topological polar surface area (TPSA) is 38.3 Å². The van der Waals surface area contributed by atoms with Crippen molar-refractivity contribution in [3.63, 3.8) is 0 Å². The average molecular weight is 372 g/mol. The zero-order chi connectivity index (χ0) is 18.6. The summed E-state index contributed by atoms with van der Waals surface area (Å²) in [5.41, 5.74) is -0.784. The summed E-state index contributed by atoms with van der Waals surface area (Å²) >= 11 is 5.91. The molecule has 0 aliphatic carbocycles. The Bertz CT molecular complexity index is 760. The molecule has 2 aromatic rings. The highest BCUT2D eigenvalue weighted by Gasteiger charge is 2.31. The number of anilines is 1. The van der Waals surface area contributed by atoms with Crippen LogP contribution < -0.4 is 10.1 Å². The predicted octanol–water partition coefficient (Wildman–Crippen LogP) is 5.65. The number of nitrogens with one attached hydrogen (secondary N) is 1. The standard InChI is InChI=1S/C18H17ClF3NO2/c1-11(2)10-25-16-6-4-3-5-13(16)17(24)23-15-9-12(18(20,21)22)7-8-14(15)19/h3-9,11H,10H2,1-2H3,(H,23,24).